The van der Waals surface area contributed by atoms with Gasteiger partial charge in [0.15, 0.2) is 0 Å². The third-order valence-corrected chi connectivity index (χ3v) is 6.88. The van der Waals surface area contributed by atoms with E-state index < -0.39 is 0 Å². The Morgan fingerprint density at radius 1 is 0.946 bits per heavy atom. The molecule has 0 radical (unpaired) electrons. The van der Waals surface area contributed by atoms with Gasteiger partial charge in [-0.05, 0) is 60.0 Å². The van der Waals surface area contributed by atoms with Crippen LogP contribution in [0.5, 0.6) is 0 Å². The summed E-state index contributed by atoms with van der Waals surface area (Å²) in [7, 11) is 0. The van der Waals surface area contributed by atoms with Crippen molar-refractivity contribution in [1.82, 2.24) is 5.32 Å². The van der Waals surface area contributed by atoms with Crippen molar-refractivity contribution in [2.45, 2.75) is 19.0 Å². The summed E-state index contributed by atoms with van der Waals surface area (Å²) in [5.74, 6) is -0.413. The minimum Gasteiger partial charge on any atom is -0.362 e. The zero-order chi connectivity index (χ0) is 25.8. The third kappa shape index (κ3) is 5.49. The Bertz CT molecular complexity index is 1370. The average molecular weight is 518 g/mol. The first-order valence-electron chi connectivity index (χ1n) is 12.2. The lowest BCUT2D eigenvalue weighted by atomic mass is 9.86. The highest BCUT2D eigenvalue weighted by Gasteiger charge is 2.34. The fraction of sp³-hybridized carbons (Fsp3) is 0.200. The van der Waals surface area contributed by atoms with Crippen molar-refractivity contribution >= 4 is 34.6 Å². The van der Waals surface area contributed by atoms with Gasteiger partial charge in [-0.25, -0.2) is 13.8 Å². The van der Waals surface area contributed by atoms with Crippen molar-refractivity contribution in [3.05, 3.63) is 119 Å². The van der Waals surface area contributed by atoms with Gasteiger partial charge in [0, 0.05) is 30.5 Å². The summed E-state index contributed by atoms with van der Waals surface area (Å²) in [5, 5.41) is 2.90. The molecule has 37 heavy (non-hydrogen) atoms. The predicted molar refractivity (Wildman–Crippen MR) is 145 cm³/mol. The van der Waals surface area contributed by atoms with E-state index in [-0.39, 0.29) is 36.0 Å². The van der Waals surface area contributed by atoms with E-state index in [1.807, 2.05) is 18.2 Å². The zero-order valence-electron chi connectivity index (χ0n) is 20.1. The number of fused-ring (bicyclic) bond motifs is 2. The summed E-state index contributed by atoms with van der Waals surface area (Å²) < 4.78 is 26.9. The smallest absolute Gasteiger partial charge is 0.251 e. The first-order valence-corrected chi connectivity index (χ1v) is 12.8. The van der Waals surface area contributed by atoms with Crippen LogP contribution in [0.1, 0.15) is 27.9 Å². The summed E-state index contributed by atoms with van der Waals surface area (Å²) in [5.41, 5.74) is 4.48. The second-order valence-electron chi connectivity index (χ2n) is 9.04. The van der Waals surface area contributed by atoms with E-state index in [4.69, 9.17) is 16.6 Å². The van der Waals surface area contributed by atoms with Crippen LogP contribution in [0.2, 0.25) is 0 Å². The molecule has 2 aliphatic rings. The molecule has 0 saturated heterocycles. The Labute approximate surface area is 220 Å². The molecule has 0 fully saturated rings. The topological polar surface area (TPSA) is 44.7 Å². The SMILES string of the molecule is O=C(NCc1ccc(F)cc1)c1ccc2c(c1)N=C(c1ccc(F)cc1)C1C=CC=CC1N2CCCCl. The number of anilines is 1. The molecule has 0 saturated carbocycles. The van der Waals surface area contributed by atoms with Gasteiger partial charge in [-0.1, -0.05) is 48.6 Å². The van der Waals surface area contributed by atoms with Crippen LogP contribution in [0, 0.1) is 17.6 Å². The molecule has 0 spiro atoms. The molecule has 3 aromatic carbocycles. The maximum atomic E-state index is 13.7. The van der Waals surface area contributed by atoms with Gasteiger partial charge >= 0.3 is 0 Å². The number of allylic oxidation sites excluding steroid dienone is 2. The van der Waals surface area contributed by atoms with Gasteiger partial charge in [-0.2, -0.15) is 0 Å². The molecule has 0 aromatic heterocycles. The molecule has 0 bridgehead atoms. The molecule has 5 rings (SSSR count). The standard InChI is InChI=1S/C30H26ClF2N3O/c31-16-3-17-36-27-5-2-1-4-25(27)29(21-8-13-24(33)14-9-21)35-26-18-22(10-15-28(26)36)30(37)34-19-20-6-11-23(32)12-7-20/h1-2,4-15,18,25,27H,3,16-17,19H2,(H,34,37). The summed E-state index contributed by atoms with van der Waals surface area (Å²) in [4.78, 5) is 20.4. The molecule has 4 nitrogen and oxygen atoms in total. The van der Waals surface area contributed by atoms with Crippen LogP contribution >= 0.6 is 11.6 Å². The van der Waals surface area contributed by atoms with Crippen molar-refractivity contribution in [1.29, 1.82) is 0 Å². The highest BCUT2D eigenvalue weighted by atomic mass is 35.5. The van der Waals surface area contributed by atoms with Crippen LogP contribution in [0.15, 0.2) is 96.0 Å². The summed E-state index contributed by atoms with van der Waals surface area (Å²) in [6.45, 7) is 1.00. The van der Waals surface area contributed by atoms with E-state index in [1.165, 1.54) is 24.3 Å². The van der Waals surface area contributed by atoms with Crippen molar-refractivity contribution in [2.75, 3.05) is 17.3 Å². The second kappa shape index (κ2) is 11.1. The van der Waals surface area contributed by atoms with Gasteiger partial charge in [-0.15, -0.1) is 11.6 Å². The molecule has 2 unspecified atom stereocenters. The van der Waals surface area contributed by atoms with E-state index in [9.17, 15) is 13.6 Å². The molecule has 1 aliphatic carbocycles. The van der Waals surface area contributed by atoms with Crippen molar-refractivity contribution < 1.29 is 13.6 Å². The monoisotopic (exact) mass is 517 g/mol. The Morgan fingerprint density at radius 2 is 1.65 bits per heavy atom. The quantitative estimate of drug-likeness (QED) is 0.360. The molecule has 3 aromatic rings. The minimum absolute atomic E-state index is 0.00331. The maximum Gasteiger partial charge on any atom is 0.251 e. The van der Waals surface area contributed by atoms with Crippen LogP contribution in [0.4, 0.5) is 20.2 Å². The van der Waals surface area contributed by atoms with Crippen LogP contribution < -0.4 is 10.2 Å². The largest absolute Gasteiger partial charge is 0.362 e. The number of nitrogens with one attached hydrogen (secondary N) is 1. The zero-order valence-corrected chi connectivity index (χ0v) is 20.8. The van der Waals surface area contributed by atoms with Gasteiger partial charge < -0.3 is 10.2 Å². The number of nitrogens with zero attached hydrogens (tertiary/aromatic N) is 2. The first-order chi connectivity index (χ1) is 18.0. The van der Waals surface area contributed by atoms with E-state index in [2.05, 4.69) is 22.4 Å². The van der Waals surface area contributed by atoms with Gasteiger partial charge in [0.2, 0.25) is 0 Å². The number of alkyl halides is 1. The van der Waals surface area contributed by atoms with Crippen LogP contribution in [0.25, 0.3) is 0 Å². The molecule has 1 amide bonds. The molecular weight excluding hydrogens is 492 g/mol. The van der Waals surface area contributed by atoms with E-state index in [0.29, 0.717) is 17.1 Å². The number of benzene rings is 3. The Balaban J connectivity index is 1.53. The fourth-order valence-corrected chi connectivity index (χ4v) is 4.89. The summed E-state index contributed by atoms with van der Waals surface area (Å²) >= 11 is 6.07. The minimum atomic E-state index is -0.320. The van der Waals surface area contributed by atoms with Gasteiger partial charge in [-0.3, -0.25) is 4.79 Å². The fourth-order valence-electron chi connectivity index (χ4n) is 4.77. The molecule has 1 aliphatic heterocycles. The maximum absolute atomic E-state index is 13.7. The van der Waals surface area contributed by atoms with Gasteiger partial charge in [0.1, 0.15) is 11.6 Å². The highest BCUT2D eigenvalue weighted by molar-refractivity contribution is 6.17. The Kier molecular flexibility index (Phi) is 7.47. The number of halogens is 3. The predicted octanol–water partition coefficient (Wildman–Crippen LogP) is 6.58. The Morgan fingerprint density at radius 3 is 2.38 bits per heavy atom. The number of carbonyl (C=O) groups is 1. The van der Waals surface area contributed by atoms with E-state index in [0.717, 1.165) is 35.5 Å². The number of hydrogen-bond donors (Lipinski definition) is 1. The lowest BCUT2D eigenvalue weighted by molar-refractivity contribution is 0.0951. The van der Waals surface area contributed by atoms with Crippen molar-refractivity contribution in [2.24, 2.45) is 10.9 Å². The summed E-state index contributed by atoms with van der Waals surface area (Å²) in [6.07, 6.45) is 9.08. The molecule has 2 atom stereocenters. The van der Waals surface area contributed by atoms with Crippen molar-refractivity contribution in [3.63, 3.8) is 0 Å². The van der Waals surface area contributed by atoms with Crippen LogP contribution in [-0.2, 0) is 6.54 Å². The molecule has 1 N–H and O–H groups in total. The molecule has 7 heteroatoms. The van der Waals surface area contributed by atoms with E-state index in [1.54, 1.807) is 36.4 Å². The normalized spacial score (nSPS) is 18.0. The average Bonchev–Trinajstić information content (AvgIpc) is 3.06. The second-order valence-corrected chi connectivity index (χ2v) is 9.42. The van der Waals surface area contributed by atoms with Gasteiger partial charge in [0.05, 0.1) is 23.1 Å². The molecule has 1 heterocycles. The molecule has 188 valence electrons. The van der Waals surface area contributed by atoms with Crippen LogP contribution in [-0.4, -0.2) is 30.1 Å². The number of carbonyl (C=O) groups excluding carboxylic acids is 1. The van der Waals surface area contributed by atoms with E-state index >= 15 is 0 Å². The van der Waals surface area contributed by atoms with Gasteiger partial charge in [0.25, 0.3) is 5.91 Å². The summed E-state index contributed by atoms with van der Waals surface area (Å²) in [6, 6.07) is 17.9. The van der Waals surface area contributed by atoms with Crippen LogP contribution in [0.3, 0.4) is 0 Å². The Hall–Kier alpha value is -3.77. The third-order valence-electron chi connectivity index (χ3n) is 6.61. The lowest BCUT2D eigenvalue weighted by Gasteiger charge is -2.36. The number of aliphatic imine (C=N–C) groups is 1. The lowest BCUT2D eigenvalue weighted by Crippen LogP contribution is -2.42. The number of rotatable bonds is 7. The number of hydrogen-bond acceptors (Lipinski definition) is 3. The molecular formula is C30H26ClF2N3O. The first kappa shape index (κ1) is 24.9. The van der Waals surface area contributed by atoms with Crippen molar-refractivity contribution in [3.8, 4) is 0 Å². The number of amides is 1. The highest BCUT2D eigenvalue weighted by Crippen LogP contribution is 2.39.